The molecule has 15 heteroatoms. The molecule has 5 aromatic rings. The van der Waals surface area contributed by atoms with E-state index in [1.54, 1.807) is 53.5 Å². The molecule has 0 atom stereocenters. The van der Waals surface area contributed by atoms with Crippen molar-refractivity contribution in [1.82, 2.24) is 4.98 Å². The number of para-hydroxylation sites is 1. The molecule has 1 N–H and O–H groups in total. The molecule has 63 heavy (non-hydrogen) atoms. The normalized spacial score (nSPS) is 10.9. The Morgan fingerprint density at radius 2 is 1.17 bits per heavy atom. The van der Waals surface area contributed by atoms with E-state index >= 15 is 0 Å². The topological polar surface area (TPSA) is 172 Å². The highest BCUT2D eigenvalue weighted by molar-refractivity contribution is 7.22. The summed E-state index contributed by atoms with van der Waals surface area (Å²) in [7, 11) is 0. The molecule has 0 amide bonds. The first-order valence-electron chi connectivity index (χ1n) is 20.7. The van der Waals surface area contributed by atoms with Crippen LogP contribution in [-0.4, -0.2) is 79.8 Å². The van der Waals surface area contributed by atoms with Gasteiger partial charge in [0.05, 0.1) is 67.1 Å². The van der Waals surface area contributed by atoms with Gasteiger partial charge in [-0.2, -0.15) is 5.10 Å². The Labute approximate surface area is 370 Å². The Bertz CT molecular complexity index is 2280. The zero-order valence-corrected chi connectivity index (χ0v) is 35.8. The zero-order valence-electron chi connectivity index (χ0n) is 35.0. The number of hydrazone groups is 1. The molecule has 0 aliphatic rings. The van der Waals surface area contributed by atoms with Gasteiger partial charge >= 0.3 is 23.9 Å². The maximum atomic E-state index is 13.4. The number of hydrogen-bond donors (Lipinski definition) is 1. The number of anilines is 1. The van der Waals surface area contributed by atoms with Crippen LogP contribution in [0.3, 0.4) is 0 Å². The van der Waals surface area contributed by atoms with Gasteiger partial charge < -0.3 is 33.5 Å². The SMILES string of the molecule is C=CC(=O)OCCCCCCOc1ccc(C(=O)Oc2ccc(OC(=O)c3ccc(OCCCCCCOC(=O)C=C)cc3)c(C=NN(CCO)c3nc4ccccc4s3)c2)cc1. The van der Waals surface area contributed by atoms with Gasteiger partial charge in [-0.25, -0.2) is 29.2 Å². The number of carbonyl (C=O) groups is 4. The maximum absolute atomic E-state index is 13.4. The molecular formula is C48H51N3O11S. The van der Waals surface area contributed by atoms with Crippen LogP contribution in [0, 0.1) is 0 Å². The second-order valence-corrected chi connectivity index (χ2v) is 14.9. The lowest BCUT2D eigenvalue weighted by Crippen LogP contribution is -2.20. The summed E-state index contributed by atoms with van der Waals surface area (Å²) in [5.74, 6) is -0.571. The van der Waals surface area contributed by atoms with Crippen LogP contribution in [-0.2, 0) is 19.1 Å². The summed E-state index contributed by atoms with van der Waals surface area (Å²) in [6.07, 6.45) is 10.5. The number of fused-ring (bicyclic) bond motifs is 1. The van der Waals surface area contributed by atoms with Crippen molar-refractivity contribution in [3.8, 4) is 23.0 Å². The third kappa shape index (κ3) is 15.9. The Morgan fingerprint density at radius 1 is 0.651 bits per heavy atom. The van der Waals surface area contributed by atoms with Gasteiger partial charge in [0.25, 0.3) is 0 Å². The number of nitrogens with zero attached hydrogens (tertiary/aromatic N) is 3. The monoisotopic (exact) mass is 877 g/mol. The predicted octanol–water partition coefficient (Wildman–Crippen LogP) is 8.90. The lowest BCUT2D eigenvalue weighted by atomic mass is 10.2. The molecule has 0 aliphatic carbocycles. The highest BCUT2D eigenvalue weighted by Crippen LogP contribution is 2.30. The minimum Gasteiger partial charge on any atom is -0.494 e. The van der Waals surface area contributed by atoms with Crippen molar-refractivity contribution < 1.29 is 52.7 Å². The van der Waals surface area contributed by atoms with Crippen LogP contribution in [0.15, 0.2) is 121 Å². The second kappa shape index (κ2) is 25.8. The Morgan fingerprint density at radius 3 is 1.71 bits per heavy atom. The lowest BCUT2D eigenvalue weighted by molar-refractivity contribution is -0.138. The number of aliphatic hydroxyl groups is 1. The summed E-state index contributed by atoms with van der Waals surface area (Å²) in [6, 6.07) is 25.4. The van der Waals surface area contributed by atoms with Gasteiger partial charge in [-0.15, -0.1) is 0 Å². The first kappa shape index (κ1) is 47.2. The van der Waals surface area contributed by atoms with Gasteiger partial charge in [0, 0.05) is 17.7 Å². The summed E-state index contributed by atoms with van der Waals surface area (Å²) in [5.41, 5.74) is 1.68. The zero-order chi connectivity index (χ0) is 44.7. The van der Waals surface area contributed by atoms with Gasteiger partial charge in [-0.1, -0.05) is 36.6 Å². The molecular weight excluding hydrogens is 827 g/mol. The Hall–Kier alpha value is -6.84. The molecule has 0 aliphatic heterocycles. The Kier molecular flexibility index (Phi) is 19.4. The molecule has 0 radical (unpaired) electrons. The van der Waals surface area contributed by atoms with Crippen LogP contribution in [0.1, 0.15) is 77.6 Å². The van der Waals surface area contributed by atoms with Gasteiger partial charge in [-0.3, -0.25) is 0 Å². The van der Waals surface area contributed by atoms with Crippen molar-refractivity contribution in [2.45, 2.75) is 51.4 Å². The lowest BCUT2D eigenvalue weighted by Gasteiger charge is -2.15. The summed E-state index contributed by atoms with van der Waals surface area (Å²) in [4.78, 5) is 53.6. The van der Waals surface area contributed by atoms with Crippen molar-refractivity contribution in [2.24, 2.45) is 5.10 Å². The molecule has 4 aromatic carbocycles. The van der Waals surface area contributed by atoms with Crippen LogP contribution in [0.2, 0.25) is 0 Å². The number of ether oxygens (including phenoxy) is 6. The number of aliphatic hydroxyl groups excluding tert-OH is 1. The number of hydrogen-bond acceptors (Lipinski definition) is 15. The first-order valence-corrected chi connectivity index (χ1v) is 21.5. The molecule has 1 aromatic heterocycles. The first-order chi connectivity index (χ1) is 30.8. The van der Waals surface area contributed by atoms with Crippen molar-refractivity contribution in [1.29, 1.82) is 0 Å². The highest BCUT2D eigenvalue weighted by Gasteiger charge is 2.17. The Balaban J connectivity index is 1.21. The summed E-state index contributed by atoms with van der Waals surface area (Å²) in [6.45, 7) is 8.39. The summed E-state index contributed by atoms with van der Waals surface area (Å²) >= 11 is 1.41. The van der Waals surface area contributed by atoms with Crippen LogP contribution in [0.25, 0.3) is 10.2 Å². The largest absolute Gasteiger partial charge is 0.494 e. The number of thiazole rings is 1. The average molecular weight is 878 g/mol. The molecule has 14 nitrogen and oxygen atoms in total. The van der Waals surface area contributed by atoms with Gasteiger partial charge in [0.1, 0.15) is 23.0 Å². The maximum Gasteiger partial charge on any atom is 0.343 e. The van der Waals surface area contributed by atoms with Crippen LogP contribution in [0.4, 0.5) is 5.13 Å². The van der Waals surface area contributed by atoms with Crippen molar-refractivity contribution in [3.05, 3.63) is 133 Å². The molecule has 5 rings (SSSR count). The average Bonchev–Trinajstić information content (AvgIpc) is 3.74. The minimum atomic E-state index is -0.634. The van der Waals surface area contributed by atoms with Crippen LogP contribution < -0.4 is 24.0 Å². The quantitative estimate of drug-likeness (QED) is 0.0133. The van der Waals surface area contributed by atoms with Crippen LogP contribution in [0.5, 0.6) is 23.0 Å². The van der Waals surface area contributed by atoms with E-state index in [2.05, 4.69) is 23.2 Å². The van der Waals surface area contributed by atoms with E-state index in [4.69, 9.17) is 28.4 Å². The summed E-state index contributed by atoms with van der Waals surface area (Å²) in [5, 5.41) is 16.6. The molecule has 0 spiro atoms. The van der Waals surface area contributed by atoms with Crippen LogP contribution >= 0.6 is 11.3 Å². The second-order valence-electron chi connectivity index (χ2n) is 13.9. The van der Waals surface area contributed by atoms with E-state index in [0.717, 1.165) is 73.7 Å². The molecule has 0 unspecified atom stereocenters. The third-order valence-corrected chi connectivity index (χ3v) is 10.2. The smallest absolute Gasteiger partial charge is 0.343 e. The molecule has 330 valence electrons. The molecule has 0 bridgehead atoms. The van der Waals surface area contributed by atoms with E-state index in [-0.39, 0.29) is 30.2 Å². The minimum absolute atomic E-state index is 0.135. The number of esters is 4. The molecule has 0 saturated carbocycles. The standard InChI is InChI=1S/C48H51N3O11S/c1-3-44(53)59-31-13-7-5-11-29-57-38-21-17-35(18-22-38)46(55)61-40-25-26-42(37(33-40)34-49-51(27-28-52)48-50-41-15-9-10-16-43(41)63-48)62-47(56)36-19-23-39(24-20-36)58-30-12-6-8-14-32-60-45(54)4-2/h3-4,9-10,15-26,33-34,52H,1-2,5-8,11-14,27-32H2. The number of unbranched alkanes of at least 4 members (excludes halogenated alkanes) is 6. The van der Waals surface area contributed by atoms with E-state index in [1.807, 2.05) is 24.3 Å². The number of benzene rings is 4. The van der Waals surface area contributed by atoms with Gasteiger partial charge in [0.15, 0.2) is 0 Å². The fourth-order valence-corrected chi connectivity index (χ4v) is 6.79. The van der Waals surface area contributed by atoms with Gasteiger partial charge in [-0.05, 0) is 130 Å². The van der Waals surface area contributed by atoms with E-state index in [1.165, 1.54) is 35.8 Å². The number of carbonyl (C=O) groups excluding carboxylic acids is 4. The number of rotatable bonds is 27. The van der Waals surface area contributed by atoms with Gasteiger partial charge in [0.2, 0.25) is 5.13 Å². The highest BCUT2D eigenvalue weighted by atomic mass is 32.1. The summed E-state index contributed by atoms with van der Waals surface area (Å²) < 4.78 is 34.2. The third-order valence-electron chi connectivity index (χ3n) is 9.16. The molecule has 0 saturated heterocycles. The molecule has 1 heterocycles. The fourth-order valence-electron chi connectivity index (χ4n) is 5.84. The van der Waals surface area contributed by atoms with E-state index in [0.29, 0.717) is 54.2 Å². The predicted molar refractivity (Wildman–Crippen MR) is 241 cm³/mol. The fraction of sp³-hybridized carbons (Fsp3) is 0.292. The van der Waals surface area contributed by atoms with Crippen molar-refractivity contribution in [2.75, 3.05) is 44.6 Å². The van der Waals surface area contributed by atoms with E-state index in [9.17, 15) is 24.3 Å². The molecule has 0 fully saturated rings. The van der Waals surface area contributed by atoms with E-state index < -0.39 is 23.9 Å². The number of aromatic nitrogens is 1. The van der Waals surface area contributed by atoms with Crippen molar-refractivity contribution in [3.63, 3.8) is 0 Å². The van der Waals surface area contributed by atoms with Crippen molar-refractivity contribution >= 4 is 56.8 Å².